The monoisotopic (exact) mass is 464 g/mol. The van der Waals surface area contributed by atoms with E-state index >= 15 is 0 Å². The maximum atomic E-state index is 13.2. The second kappa shape index (κ2) is 9.83. The van der Waals surface area contributed by atoms with Gasteiger partial charge >= 0.3 is 5.97 Å². The van der Waals surface area contributed by atoms with Gasteiger partial charge in [-0.05, 0) is 62.1 Å². The van der Waals surface area contributed by atoms with Crippen molar-refractivity contribution in [3.05, 3.63) is 64.1 Å². The smallest absolute Gasteiger partial charge is 0.310 e. The first-order valence-electron chi connectivity index (χ1n) is 11.2. The number of thioether (sulfide) groups is 1. The van der Waals surface area contributed by atoms with E-state index in [0.29, 0.717) is 30.2 Å². The molecule has 2 aliphatic rings. The highest BCUT2D eigenvalue weighted by Crippen LogP contribution is 2.42. The first-order chi connectivity index (χ1) is 15.9. The van der Waals surface area contributed by atoms with Gasteiger partial charge in [-0.25, -0.2) is 0 Å². The van der Waals surface area contributed by atoms with Crippen molar-refractivity contribution in [1.29, 1.82) is 0 Å². The molecule has 1 unspecified atom stereocenters. The van der Waals surface area contributed by atoms with Crippen LogP contribution < -0.4 is 4.90 Å². The van der Waals surface area contributed by atoms with Gasteiger partial charge in [0, 0.05) is 30.6 Å². The Balaban J connectivity index is 1.55. The van der Waals surface area contributed by atoms with Gasteiger partial charge in [-0.3, -0.25) is 14.4 Å². The summed E-state index contributed by atoms with van der Waals surface area (Å²) < 4.78 is 5.15. The highest BCUT2D eigenvalue weighted by molar-refractivity contribution is 8.04. The molecular formula is C26H28N2O4S. The van der Waals surface area contributed by atoms with Crippen molar-refractivity contribution < 1.29 is 19.1 Å². The van der Waals surface area contributed by atoms with Crippen LogP contribution in [0.5, 0.6) is 0 Å². The molecule has 0 bridgehead atoms. The molecule has 33 heavy (non-hydrogen) atoms. The van der Waals surface area contributed by atoms with E-state index in [2.05, 4.69) is 0 Å². The van der Waals surface area contributed by atoms with Crippen molar-refractivity contribution in [1.82, 2.24) is 4.90 Å². The SMILES string of the molecule is CCOC(=O)C1CCCN(C(=O)c2ccc3c(c2)N(C)C(=O)/C(=C/c2ccccc2C)S3)C1. The van der Waals surface area contributed by atoms with Crippen molar-refractivity contribution in [2.75, 3.05) is 31.6 Å². The maximum absolute atomic E-state index is 13.2. The number of hydrogen-bond donors (Lipinski definition) is 0. The Hall–Kier alpha value is -3.06. The summed E-state index contributed by atoms with van der Waals surface area (Å²) >= 11 is 1.42. The van der Waals surface area contributed by atoms with Gasteiger partial charge in [0.2, 0.25) is 0 Å². The Morgan fingerprint density at radius 3 is 2.76 bits per heavy atom. The Kier molecular flexibility index (Phi) is 6.88. The molecule has 0 saturated carbocycles. The first-order valence-corrected chi connectivity index (χ1v) is 12.0. The Morgan fingerprint density at radius 1 is 1.21 bits per heavy atom. The van der Waals surface area contributed by atoms with E-state index < -0.39 is 0 Å². The fourth-order valence-corrected chi connectivity index (χ4v) is 5.30. The lowest BCUT2D eigenvalue weighted by Crippen LogP contribution is -2.43. The van der Waals surface area contributed by atoms with Crippen molar-refractivity contribution in [3.63, 3.8) is 0 Å². The lowest BCUT2D eigenvalue weighted by Gasteiger charge is -2.32. The third-order valence-corrected chi connectivity index (χ3v) is 7.18. The van der Waals surface area contributed by atoms with Crippen LogP contribution in [0.4, 0.5) is 5.69 Å². The molecule has 1 fully saturated rings. The molecule has 0 N–H and O–H groups in total. The molecule has 0 radical (unpaired) electrons. The predicted octanol–water partition coefficient (Wildman–Crippen LogP) is 4.52. The van der Waals surface area contributed by atoms with E-state index in [-0.39, 0.29) is 23.7 Å². The number of carbonyl (C=O) groups is 3. The molecule has 2 aliphatic heterocycles. The van der Waals surface area contributed by atoms with E-state index in [0.717, 1.165) is 34.6 Å². The minimum atomic E-state index is -0.283. The van der Waals surface area contributed by atoms with Crippen LogP contribution in [0.2, 0.25) is 0 Å². The van der Waals surface area contributed by atoms with E-state index in [1.807, 2.05) is 43.3 Å². The summed E-state index contributed by atoms with van der Waals surface area (Å²) in [6.45, 7) is 5.12. The summed E-state index contributed by atoms with van der Waals surface area (Å²) in [6.07, 6.45) is 3.42. The van der Waals surface area contributed by atoms with Gasteiger partial charge in [-0.15, -0.1) is 0 Å². The highest BCUT2D eigenvalue weighted by atomic mass is 32.2. The topological polar surface area (TPSA) is 66.9 Å². The van der Waals surface area contributed by atoms with Crippen LogP contribution in [0.25, 0.3) is 6.08 Å². The van der Waals surface area contributed by atoms with Gasteiger partial charge in [0.15, 0.2) is 0 Å². The molecule has 4 rings (SSSR count). The summed E-state index contributed by atoms with van der Waals surface area (Å²) in [6, 6.07) is 13.4. The quantitative estimate of drug-likeness (QED) is 0.492. The summed E-state index contributed by atoms with van der Waals surface area (Å²) in [5.41, 5.74) is 3.36. The minimum Gasteiger partial charge on any atom is -0.466 e. The average molecular weight is 465 g/mol. The molecule has 1 saturated heterocycles. The maximum Gasteiger partial charge on any atom is 0.310 e. The predicted molar refractivity (Wildman–Crippen MR) is 130 cm³/mol. The second-order valence-electron chi connectivity index (χ2n) is 8.36. The molecule has 0 aliphatic carbocycles. The Morgan fingerprint density at radius 2 is 2.00 bits per heavy atom. The van der Waals surface area contributed by atoms with Crippen LogP contribution in [0.3, 0.4) is 0 Å². The fourth-order valence-electron chi connectivity index (χ4n) is 4.21. The lowest BCUT2D eigenvalue weighted by molar-refractivity contribution is -0.149. The van der Waals surface area contributed by atoms with Crippen LogP contribution in [0, 0.1) is 12.8 Å². The molecule has 2 aromatic rings. The molecular weight excluding hydrogens is 436 g/mol. The number of piperidine rings is 1. The number of fused-ring (bicyclic) bond motifs is 1. The van der Waals surface area contributed by atoms with Gasteiger partial charge in [0.05, 0.1) is 23.1 Å². The third kappa shape index (κ3) is 4.83. The number of anilines is 1. The number of benzene rings is 2. The molecule has 1 atom stereocenters. The van der Waals surface area contributed by atoms with Crippen LogP contribution in [-0.2, 0) is 14.3 Å². The largest absolute Gasteiger partial charge is 0.466 e. The van der Waals surface area contributed by atoms with Crippen molar-refractivity contribution in [2.45, 2.75) is 31.6 Å². The molecule has 2 amide bonds. The van der Waals surface area contributed by atoms with Gasteiger partial charge in [0.1, 0.15) is 0 Å². The number of ether oxygens (including phenoxy) is 1. The zero-order valence-electron chi connectivity index (χ0n) is 19.2. The molecule has 2 aromatic carbocycles. The van der Waals surface area contributed by atoms with E-state index in [4.69, 9.17) is 4.74 Å². The molecule has 7 heteroatoms. The summed E-state index contributed by atoms with van der Waals surface area (Å²) in [5.74, 6) is -0.746. The number of esters is 1. The van der Waals surface area contributed by atoms with Gasteiger partial charge < -0.3 is 14.5 Å². The molecule has 172 valence electrons. The lowest BCUT2D eigenvalue weighted by atomic mass is 9.97. The first kappa shape index (κ1) is 23.1. The summed E-state index contributed by atoms with van der Waals surface area (Å²) in [4.78, 5) is 43.3. The van der Waals surface area contributed by atoms with Crippen molar-refractivity contribution >= 4 is 41.3 Å². The van der Waals surface area contributed by atoms with E-state index in [1.165, 1.54) is 11.8 Å². The Labute approximate surface area is 198 Å². The summed E-state index contributed by atoms with van der Waals surface area (Å²) in [7, 11) is 1.73. The minimum absolute atomic E-state index is 0.0966. The van der Waals surface area contributed by atoms with Gasteiger partial charge in [0.25, 0.3) is 11.8 Å². The standard InChI is InChI=1S/C26H28N2O4S/c1-4-32-26(31)20-10-7-13-28(16-20)24(29)19-11-12-22-21(14-19)27(3)25(30)23(33-22)15-18-9-6-5-8-17(18)2/h5-6,8-9,11-12,14-15,20H,4,7,10,13,16H2,1-3H3/b23-15-. The highest BCUT2D eigenvalue weighted by Gasteiger charge is 2.31. The second-order valence-corrected chi connectivity index (χ2v) is 9.44. The zero-order chi connectivity index (χ0) is 23.5. The van der Waals surface area contributed by atoms with E-state index in [1.54, 1.807) is 35.9 Å². The zero-order valence-corrected chi connectivity index (χ0v) is 20.0. The number of likely N-dealkylation sites (N-methyl/N-ethyl adjacent to an activating group) is 1. The van der Waals surface area contributed by atoms with Crippen LogP contribution in [0.15, 0.2) is 52.3 Å². The number of aryl methyl sites for hydroxylation is 1. The molecule has 6 nitrogen and oxygen atoms in total. The van der Waals surface area contributed by atoms with E-state index in [9.17, 15) is 14.4 Å². The normalized spacial score (nSPS) is 19.4. The number of rotatable bonds is 4. The fraction of sp³-hybridized carbons (Fsp3) is 0.346. The van der Waals surface area contributed by atoms with Crippen molar-refractivity contribution in [2.24, 2.45) is 5.92 Å². The van der Waals surface area contributed by atoms with Gasteiger partial charge in [-0.1, -0.05) is 36.0 Å². The molecule has 0 spiro atoms. The van der Waals surface area contributed by atoms with Gasteiger partial charge in [-0.2, -0.15) is 0 Å². The number of hydrogen-bond acceptors (Lipinski definition) is 5. The Bertz CT molecular complexity index is 1130. The number of likely N-dealkylation sites (tertiary alicyclic amines) is 1. The van der Waals surface area contributed by atoms with Crippen LogP contribution in [-0.4, -0.2) is 49.4 Å². The average Bonchev–Trinajstić information content (AvgIpc) is 2.83. The third-order valence-electron chi connectivity index (χ3n) is 6.11. The summed E-state index contributed by atoms with van der Waals surface area (Å²) in [5, 5.41) is 0. The van der Waals surface area contributed by atoms with Crippen LogP contribution >= 0.6 is 11.8 Å². The number of amides is 2. The number of nitrogens with zero attached hydrogens (tertiary/aromatic N) is 2. The van der Waals surface area contributed by atoms with Crippen LogP contribution in [0.1, 0.15) is 41.3 Å². The number of carbonyl (C=O) groups excluding carboxylic acids is 3. The molecule has 0 aromatic heterocycles. The van der Waals surface area contributed by atoms with Crippen molar-refractivity contribution in [3.8, 4) is 0 Å². The molecule has 2 heterocycles.